The Hall–Kier alpha value is -3.13. The molecule has 11 nitrogen and oxygen atoms in total. The Morgan fingerprint density at radius 2 is 1.94 bits per heavy atom. The van der Waals surface area contributed by atoms with Crippen molar-refractivity contribution in [1.29, 1.82) is 0 Å². The molecule has 3 aromatic rings. The van der Waals surface area contributed by atoms with Crippen LogP contribution in [0.5, 0.6) is 0 Å². The number of sulfonamides is 1. The number of aromatic nitrogens is 3. The van der Waals surface area contributed by atoms with Gasteiger partial charge in [-0.2, -0.15) is 4.98 Å². The van der Waals surface area contributed by atoms with Crippen LogP contribution >= 0.6 is 11.3 Å². The van der Waals surface area contributed by atoms with E-state index in [4.69, 9.17) is 9.88 Å². The summed E-state index contributed by atoms with van der Waals surface area (Å²) < 4.78 is 27.7. The normalized spacial score (nSPS) is 11.2. The van der Waals surface area contributed by atoms with Crippen LogP contribution in [-0.2, 0) is 27.9 Å². The van der Waals surface area contributed by atoms with Crippen molar-refractivity contribution in [2.75, 3.05) is 17.2 Å². The molecular weight excluding hydrogens is 456 g/mol. The zero-order valence-corrected chi connectivity index (χ0v) is 19.0. The third kappa shape index (κ3) is 5.97. The van der Waals surface area contributed by atoms with Gasteiger partial charge in [0, 0.05) is 12.6 Å². The van der Waals surface area contributed by atoms with E-state index in [2.05, 4.69) is 25.6 Å². The lowest BCUT2D eigenvalue weighted by Gasteiger charge is -2.10. The fourth-order valence-electron chi connectivity index (χ4n) is 2.65. The minimum absolute atomic E-state index is 0.0262. The summed E-state index contributed by atoms with van der Waals surface area (Å²) in [5, 5.41) is 21.1. The maximum atomic E-state index is 12.0. The number of carbonyl (C=O) groups excluding carboxylic acids is 1. The number of carbonyl (C=O) groups is 1. The molecule has 170 valence electrons. The summed E-state index contributed by atoms with van der Waals surface area (Å²) in [4.78, 5) is 25.3. The van der Waals surface area contributed by atoms with Gasteiger partial charge in [0.05, 0.1) is 29.5 Å². The van der Waals surface area contributed by atoms with Gasteiger partial charge in [-0.05, 0) is 31.5 Å². The molecule has 0 atom stereocenters. The third-order valence-corrected chi connectivity index (χ3v) is 6.12. The number of nitrogens with two attached hydrogens (primary N) is 1. The van der Waals surface area contributed by atoms with Crippen molar-refractivity contribution in [3.8, 4) is 0 Å². The van der Waals surface area contributed by atoms with Gasteiger partial charge in [0.2, 0.25) is 16.0 Å². The smallest absolute Gasteiger partial charge is 0.350 e. The highest BCUT2D eigenvalue weighted by molar-refractivity contribution is 7.89. The van der Waals surface area contributed by atoms with Crippen molar-refractivity contribution in [2.45, 2.75) is 31.9 Å². The van der Waals surface area contributed by atoms with Crippen LogP contribution in [0.3, 0.4) is 0 Å². The maximum Gasteiger partial charge on any atom is 0.350 e. The predicted molar refractivity (Wildman–Crippen MR) is 119 cm³/mol. The van der Waals surface area contributed by atoms with E-state index in [9.17, 15) is 18.3 Å². The Kier molecular flexibility index (Phi) is 7.35. The summed E-state index contributed by atoms with van der Waals surface area (Å²) in [6.07, 6.45) is 0. The van der Waals surface area contributed by atoms with Gasteiger partial charge in [-0.3, -0.25) is 5.32 Å². The van der Waals surface area contributed by atoms with Crippen LogP contribution in [0.15, 0.2) is 35.2 Å². The van der Waals surface area contributed by atoms with E-state index in [0.29, 0.717) is 33.8 Å². The molecule has 0 amide bonds. The first-order chi connectivity index (χ1) is 15.2. The summed E-state index contributed by atoms with van der Waals surface area (Å²) in [5.41, 5.74) is 1.69. The summed E-state index contributed by atoms with van der Waals surface area (Å²) >= 11 is 1.12. The van der Waals surface area contributed by atoms with Crippen molar-refractivity contribution < 1.29 is 23.1 Å². The highest BCUT2D eigenvalue weighted by Gasteiger charge is 2.17. The molecule has 0 aliphatic carbocycles. The summed E-state index contributed by atoms with van der Waals surface area (Å²) in [6.45, 7) is 3.73. The first-order valence-electron chi connectivity index (χ1n) is 9.45. The van der Waals surface area contributed by atoms with E-state index in [1.54, 1.807) is 32.0 Å². The molecule has 0 radical (unpaired) electrons. The fourth-order valence-corrected chi connectivity index (χ4v) is 4.02. The van der Waals surface area contributed by atoms with Gasteiger partial charge in [0.1, 0.15) is 10.7 Å². The zero-order chi connectivity index (χ0) is 23.3. The lowest BCUT2D eigenvalue weighted by molar-refractivity contribution is 0.0531. The molecule has 0 unspecified atom stereocenters. The molecule has 2 aromatic heterocycles. The van der Waals surface area contributed by atoms with Crippen LogP contribution in [0, 0.1) is 6.92 Å². The van der Waals surface area contributed by atoms with E-state index in [1.807, 2.05) is 0 Å². The van der Waals surface area contributed by atoms with Crippen LogP contribution < -0.4 is 15.8 Å². The van der Waals surface area contributed by atoms with Crippen molar-refractivity contribution in [3.05, 3.63) is 52.2 Å². The van der Waals surface area contributed by atoms with Crippen LogP contribution in [0.2, 0.25) is 0 Å². The number of aliphatic hydroxyl groups excluding tert-OH is 1. The largest absolute Gasteiger partial charge is 0.462 e. The van der Waals surface area contributed by atoms with Gasteiger partial charge >= 0.3 is 5.97 Å². The molecular formula is C19H22N6O5S2. The number of primary sulfonamides is 1. The van der Waals surface area contributed by atoms with Gasteiger partial charge in [0.25, 0.3) is 0 Å². The lowest BCUT2D eigenvalue weighted by Crippen LogP contribution is -2.12. The second-order valence-corrected chi connectivity index (χ2v) is 9.11. The molecule has 5 N–H and O–H groups in total. The molecule has 1 aromatic carbocycles. The van der Waals surface area contributed by atoms with Crippen LogP contribution in [-0.4, -0.2) is 41.1 Å². The number of benzene rings is 1. The van der Waals surface area contributed by atoms with E-state index >= 15 is 0 Å². The molecule has 2 heterocycles. The molecule has 0 saturated heterocycles. The van der Waals surface area contributed by atoms with Gasteiger partial charge in [-0.1, -0.05) is 23.5 Å². The number of aryl methyl sites for hydroxylation is 1. The van der Waals surface area contributed by atoms with Crippen LogP contribution in [0.4, 0.5) is 16.9 Å². The molecule has 0 bridgehead atoms. The highest BCUT2D eigenvalue weighted by atomic mass is 32.2. The van der Waals surface area contributed by atoms with Crippen molar-refractivity contribution >= 4 is 44.2 Å². The number of thiazole rings is 1. The number of ether oxygens (including phenoxy) is 1. The first kappa shape index (κ1) is 23.5. The second kappa shape index (κ2) is 9.99. The Bertz CT molecular complexity index is 1210. The van der Waals surface area contributed by atoms with Crippen molar-refractivity contribution in [1.82, 2.24) is 15.0 Å². The number of aliphatic hydroxyl groups is 1. The third-order valence-electron chi connectivity index (χ3n) is 4.14. The molecule has 0 aliphatic rings. The molecule has 0 fully saturated rings. The van der Waals surface area contributed by atoms with Crippen molar-refractivity contribution in [3.63, 3.8) is 0 Å². The topological polar surface area (TPSA) is 169 Å². The van der Waals surface area contributed by atoms with E-state index < -0.39 is 16.0 Å². The predicted octanol–water partition coefficient (Wildman–Crippen LogP) is 1.91. The minimum Gasteiger partial charge on any atom is -0.462 e. The number of rotatable bonds is 9. The van der Waals surface area contributed by atoms with Crippen molar-refractivity contribution in [2.24, 2.45) is 5.14 Å². The summed E-state index contributed by atoms with van der Waals surface area (Å²) in [7, 11) is -3.75. The Labute approximate surface area is 188 Å². The molecule has 0 spiro atoms. The number of esters is 1. The SMILES string of the molecule is CCOC(=O)c1sc(Nc2nc(CO)cc(NCc3ccc(S(N)(=O)=O)cc3)n2)nc1C. The minimum atomic E-state index is -3.75. The number of nitrogens with one attached hydrogen (secondary N) is 2. The Balaban J connectivity index is 1.74. The maximum absolute atomic E-state index is 12.0. The Morgan fingerprint density at radius 1 is 1.22 bits per heavy atom. The summed E-state index contributed by atoms with van der Waals surface area (Å²) in [6, 6.07) is 7.69. The standard InChI is InChI=1S/C19H22N6O5S2/c1-3-30-17(27)16-11(2)22-19(31-16)25-18-23-13(10-26)8-15(24-18)21-9-12-4-6-14(7-5-12)32(20,28)29/h4-8,26H,3,9-10H2,1-2H3,(H2,20,28,29)(H2,21,22,23,24,25). The average molecular weight is 479 g/mol. The van der Waals surface area contributed by atoms with Crippen LogP contribution in [0.1, 0.15) is 33.5 Å². The summed E-state index contributed by atoms with van der Waals surface area (Å²) in [5.74, 6) is 0.171. The first-order valence-corrected chi connectivity index (χ1v) is 11.8. The molecule has 0 saturated carbocycles. The molecule has 3 rings (SSSR count). The van der Waals surface area contributed by atoms with Gasteiger partial charge in [-0.25, -0.2) is 28.3 Å². The quantitative estimate of drug-likeness (QED) is 0.333. The lowest BCUT2D eigenvalue weighted by atomic mass is 10.2. The van der Waals surface area contributed by atoms with Crippen LogP contribution in [0.25, 0.3) is 0 Å². The van der Waals surface area contributed by atoms with E-state index in [0.717, 1.165) is 16.9 Å². The fraction of sp³-hybridized carbons (Fsp3) is 0.263. The molecule has 32 heavy (non-hydrogen) atoms. The van der Waals surface area contributed by atoms with E-state index in [-0.39, 0.29) is 24.1 Å². The number of hydrogen-bond acceptors (Lipinski definition) is 11. The number of anilines is 3. The highest BCUT2D eigenvalue weighted by Crippen LogP contribution is 2.26. The van der Waals surface area contributed by atoms with Gasteiger partial charge in [-0.15, -0.1) is 0 Å². The second-order valence-electron chi connectivity index (χ2n) is 6.55. The van der Waals surface area contributed by atoms with Gasteiger partial charge < -0.3 is 15.2 Å². The Morgan fingerprint density at radius 3 is 2.56 bits per heavy atom. The van der Waals surface area contributed by atoms with Gasteiger partial charge in [0.15, 0.2) is 5.13 Å². The monoisotopic (exact) mass is 478 g/mol. The average Bonchev–Trinajstić information content (AvgIpc) is 3.12. The van der Waals surface area contributed by atoms with E-state index in [1.165, 1.54) is 12.1 Å². The zero-order valence-electron chi connectivity index (χ0n) is 17.3. The molecule has 13 heteroatoms. The number of hydrogen-bond donors (Lipinski definition) is 4. The number of nitrogens with zero attached hydrogens (tertiary/aromatic N) is 3. The molecule has 0 aliphatic heterocycles.